The van der Waals surface area contributed by atoms with E-state index in [1.807, 2.05) is 0 Å². The number of ether oxygens (including phenoxy) is 2. The highest BCUT2D eigenvalue weighted by Gasteiger charge is 2.18. The maximum Gasteiger partial charge on any atom is 0.120 e. The third-order valence-electron chi connectivity index (χ3n) is 2.26. The van der Waals surface area contributed by atoms with Crippen LogP contribution in [0.3, 0.4) is 0 Å². The van der Waals surface area contributed by atoms with Crippen LogP contribution in [0.25, 0.3) is 0 Å². The van der Waals surface area contributed by atoms with Crippen LogP contribution in [-0.2, 0) is 9.47 Å². The molecule has 1 aliphatic rings. The molecule has 1 atom stereocenters. The Morgan fingerprint density at radius 2 is 2.00 bits per heavy atom. The summed E-state index contributed by atoms with van der Waals surface area (Å²) in [7, 11) is 3.43. The lowest BCUT2D eigenvalue weighted by atomic mass is 9.96. The van der Waals surface area contributed by atoms with E-state index in [1.54, 1.807) is 14.2 Å². The van der Waals surface area contributed by atoms with Crippen molar-refractivity contribution in [1.82, 2.24) is 0 Å². The van der Waals surface area contributed by atoms with Crippen LogP contribution in [0.15, 0.2) is 23.0 Å². The van der Waals surface area contributed by atoms with Gasteiger partial charge in [0.1, 0.15) is 5.76 Å². The lowest BCUT2D eigenvalue weighted by Gasteiger charge is -2.23. The number of rotatable bonds is 2. The normalized spacial score (nSPS) is 24.0. The molecular weight excluding hydrogens is 152 g/mol. The zero-order valence-corrected chi connectivity index (χ0v) is 8.18. The van der Waals surface area contributed by atoms with Crippen molar-refractivity contribution >= 4 is 0 Å². The summed E-state index contributed by atoms with van der Waals surface area (Å²) in [5, 5.41) is 0. The SMILES string of the molecule is COC1=C(C)C(OC)CC(C)=C1. The first-order valence-electron chi connectivity index (χ1n) is 4.13. The van der Waals surface area contributed by atoms with Gasteiger partial charge in [0.2, 0.25) is 0 Å². The third-order valence-corrected chi connectivity index (χ3v) is 2.26. The maximum absolute atomic E-state index is 5.33. The Bertz CT molecular complexity index is 226. The second kappa shape index (κ2) is 3.76. The van der Waals surface area contributed by atoms with Gasteiger partial charge >= 0.3 is 0 Å². The number of allylic oxidation sites excluding steroid dienone is 1. The van der Waals surface area contributed by atoms with E-state index in [0.717, 1.165) is 12.2 Å². The zero-order valence-electron chi connectivity index (χ0n) is 8.18. The highest BCUT2D eigenvalue weighted by molar-refractivity contribution is 5.30. The van der Waals surface area contributed by atoms with Gasteiger partial charge in [0.15, 0.2) is 0 Å². The average Bonchev–Trinajstić information content (AvgIpc) is 2.08. The van der Waals surface area contributed by atoms with Crippen molar-refractivity contribution in [2.75, 3.05) is 14.2 Å². The highest BCUT2D eigenvalue weighted by atomic mass is 16.5. The second-order valence-electron chi connectivity index (χ2n) is 3.17. The Kier molecular flexibility index (Phi) is 2.93. The van der Waals surface area contributed by atoms with Crippen LogP contribution < -0.4 is 0 Å². The Balaban J connectivity index is 2.90. The molecule has 0 heterocycles. The minimum absolute atomic E-state index is 0.199. The first kappa shape index (κ1) is 9.33. The molecule has 2 heteroatoms. The van der Waals surface area contributed by atoms with Crippen molar-refractivity contribution in [2.45, 2.75) is 26.4 Å². The molecule has 0 radical (unpaired) electrons. The molecule has 0 fully saturated rings. The average molecular weight is 168 g/mol. The van der Waals surface area contributed by atoms with Crippen molar-refractivity contribution in [3.8, 4) is 0 Å². The molecule has 0 aromatic heterocycles. The summed E-state index contributed by atoms with van der Waals surface area (Å²) in [5.41, 5.74) is 2.50. The van der Waals surface area contributed by atoms with Gasteiger partial charge in [-0.15, -0.1) is 0 Å². The standard InChI is InChI=1S/C10H16O2/c1-7-5-9(11-3)8(2)10(6-7)12-4/h5,10H,6H2,1-4H3. The molecule has 0 saturated carbocycles. The summed E-state index contributed by atoms with van der Waals surface area (Å²) in [6.07, 6.45) is 3.25. The van der Waals surface area contributed by atoms with Crippen LogP contribution in [0, 0.1) is 0 Å². The fourth-order valence-electron chi connectivity index (χ4n) is 1.48. The molecule has 68 valence electrons. The van der Waals surface area contributed by atoms with E-state index in [9.17, 15) is 0 Å². The van der Waals surface area contributed by atoms with Gasteiger partial charge in [0.25, 0.3) is 0 Å². The van der Waals surface area contributed by atoms with Crippen molar-refractivity contribution in [3.63, 3.8) is 0 Å². The van der Waals surface area contributed by atoms with Crippen LogP contribution in [0.1, 0.15) is 20.3 Å². The fourth-order valence-corrected chi connectivity index (χ4v) is 1.48. The lowest BCUT2D eigenvalue weighted by Crippen LogP contribution is -2.17. The molecule has 0 aliphatic heterocycles. The molecule has 1 unspecified atom stereocenters. The van der Waals surface area contributed by atoms with Crippen LogP contribution >= 0.6 is 0 Å². The van der Waals surface area contributed by atoms with E-state index in [0.29, 0.717) is 0 Å². The summed E-state index contributed by atoms with van der Waals surface area (Å²) >= 11 is 0. The largest absolute Gasteiger partial charge is 0.497 e. The van der Waals surface area contributed by atoms with Crippen LogP contribution in [0.2, 0.25) is 0 Å². The lowest BCUT2D eigenvalue weighted by molar-refractivity contribution is 0.123. The van der Waals surface area contributed by atoms with Crippen molar-refractivity contribution in [2.24, 2.45) is 0 Å². The van der Waals surface area contributed by atoms with Gasteiger partial charge in [-0.1, -0.05) is 5.57 Å². The monoisotopic (exact) mass is 168 g/mol. The Labute approximate surface area is 73.9 Å². The molecule has 0 amide bonds. The fraction of sp³-hybridized carbons (Fsp3) is 0.600. The minimum Gasteiger partial charge on any atom is -0.497 e. The first-order chi connectivity index (χ1) is 5.69. The molecule has 0 aromatic rings. The van der Waals surface area contributed by atoms with Gasteiger partial charge in [0.05, 0.1) is 13.2 Å². The highest BCUT2D eigenvalue weighted by Crippen LogP contribution is 2.25. The number of methoxy groups -OCH3 is 2. The molecule has 0 N–H and O–H groups in total. The van der Waals surface area contributed by atoms with E-state index in [1.165, 1.54) is 11.1 Å². The van der Waals surface area contributed by atoms with Gasteiger partial charge in [-0.25, -0.2) is 0 Å². The summed E-state index contributed by atoms with van der Waals surface area (Å²) < 4.78 is 10.6. The zero-order chi connectivity index (χ0) is 9.14. The van der Waals surface area contributed by atoms with Crippen molar-refractivity contribution in [1.29, 1.82) is 0 Å². The summed E-state index contributed by atoms with van der Waals surface area (Å²) in [5.74, 6) is 0.950. The van der Waals surface area contributed by atoms with Crippen molar-refractivity contribution < 1.29 is 9.47 Å². The molecule has 1 aliphatic carbocycles. The number of hydrogen-bond acceptors (Lipinski definition) is 2. The smallest absolute Gasteiger partial charge is 0.120 e. The predicted molar refractivity (Wildman–Crippen MR) is 48.9 cm³/mol. The molecule has 0 spiro atoms. The predicted octanol–water partition coefficient (Wildman–Crippen LogP) is 2.27. The molecule has 1 rings (SSSR count). The van der Waals surface area contributed by atoms with E-state index in [-0.39, 0.29) is 6.10 Å². The summed E-state index contributed by atoms with van der Waals surface area (Å²) in [4.78, 5) is 0. The molecule has 12 heavy (non-hydrogen) atoms. The van der Waals surface area contributed by atoms with Crippen LogP contribution in [-0.4, -0.2) is 20.3 Å². The van der Waals surface area contributed by atoms with E-state index in [4.69, 9.17) is 9.47 Å². The Morgan fingerprint density at radius 1 is 1.33 bits per heavy atom. The Morgan fingerprint density at radius 3 is 2.50 bits per heavy atom. The van der Waals surface area contributed by atoms with Gasteiger partial charge in [-0.3, -0.25) is 0 Å². The summed E-state index contributed by atoms with van der Waals surface area (Å²) in [6.45, 7) is 4.15. The number of hydrogen-bond donors (Lipinski definition) is 0. The third kappa shape index (κ3) is 1.69. The molecule has 0 bridgehead atoms. The van der Waals surface area contributed by atoms with Gasteiger partial charge in [0, 0.05) is 7.11 Å². The van der Waals surface area contributed by atoms with Crippen LogP contribution in [0.5, 0.6) is 0 Å². The molecule has 0 aromatic carbocycles. The molecule has 2 nitrogen and oxygen atoms in total. The van der Waals surface area contributed by atoms with E-state index >= 15 is 0 Å². The Hall–Kier alpha value is -0.760. The topological polar surface area (TPSA) is 18.5 Å². The van der Waals surface area contributed by atoms with Crippen molar-refractivity contribution in [3.05, 3.63) is 23.0 Å². The first-order valence-corrected chi connectivity index (χ1v) is 4.13. The van der Waals surface area contributed by atoms with E-state index in [2.05, 4.69) is 19.9 Å². The molecular formula is C10H16O2. The molecule has 0 saturated heterocycles. The summed E-state index contributed by atoms with van der Waals surface area (Å²) in [6, 6.07) is 0. The van der Waals surface area contributed by atoms with Crippen LogP contribution in [0.4, 0.5) is 0 Å². The van der Waals surface area contributed by atoms with Gasteiger partial charge in [-0.05, 0) is 31.9 Å². The van der Waals surface area contributed by atoms with Gasteiger partial charge < -0.3 is 9.47 Å². The van der Waals surface area contributed by atoms with Gasteiger partial charge in [-0.2, -0.15) is 0 Å². The second-order valence-corrected chi connectivity index (χ2v) is 3.17. The van der Waals surface area contributed by atoms with E-state index < -0.39 is 0 Å². The quantitative estimate of drug-likeness (QED) is 0.629. The maximum atomic E-state index is 5.33. The minimum atomic E-state index is 0.199.